The topological polar surface area (TPSA) is 46.2 Å². The Hall–Kier alpha value is -0.680. The first kappa shape index (κ1) is 12.4. The molecule has 0 atom stereocenters. The van der Waals surface area contributed by atoms with Crippen molar-refractivity contribution in [3.8, 4) is 0 Å². The quantitative estimate of drug-likeness (QED) is 0.741. The highest BCUT2D eigenvalue weighted by molar-refractivity contribution is 9.13. The fourth-order valence-electron chi connectivity index (χ4n) is 1.19. The maximum Gasteiger partial charge on any atom is 0.260 e. The number of rotatable bonds is 0. The predicted molar refractivity (Wildman–Crippen MR) is 65.0 cm³/mol. The number of imide groups is 1. The Kier molecular flexibility index (Phi) is 4.04. The first-order valence-electron chi connectivity index (χ1n) is 4.45. The third-order valence-electron chi connectivity index (χ3n) is 1.79. The molecule has 3 nitrogen and oxygen atoms in total. The molecule has 0 saturated heterocycles. The summed E-state index contributed by atoms with van der Waals surface area (Å²) in [5.74, 6) is -0.693. The van der Waals surface area contributed by atoms with Gasteiger partial charge in [0.1, 0.15) is 0 Å². The lowest BCUT2D eigenvalue weighted by Gasteiger charge is -1.99. The average Bonchev–Trinajstić information content (AvgIpc) is 2.51. The largest absolute Gasteiger partial charge is 0.288 e. The van der Waals surface area contributed by atoms with Crippen molar-refractivity contribution in [2.75, 3.05) is 0 Å². The van der Waals surface area contributed by atoms with Crippen LogP contribution in [0.2, 0.25) is 0 Å². The molecule has 80 valence electrons. The summed E-state index contributed by atoms with van der Waals surface area (Å²) in [6, 6.07) is 3.34. The molecule has 0 aromatic heterocycles. The van der Waals surface area contributed by atoms with Crippen molar-refractivity contribution in [2.45, 2.75) is 13.8 Å². The average molecular weight is 335 g/mol. The normalized spacial score (nSPS) is 12.8. The molecular formula is C10H9Br2NO2. The smallest absolute Gasteiger partial charge is 0.260 e. The maximum atomic E-state index is 11.3. The Morgan fingerprint density at radius 1 is 1.07 bits per heavy atom. The molecule has 0 bridgehead atoms. The van der Waals surface area contributed by atoms with Gasteiger partial charge in [0.05, 0.1) is 11.1 Å². The van der Waals surface area contributed by atoms with Crippen molar-refractivity contribution in [1.82, 2.24) is 5.32 Å². The summed E-state index contributed by atoms with van der Waals surface area (Å²) in [4.78, 5) is 22.4. The standard InChI is InChI=1S/C8H3Br2NO2.C2H6/c9-4-2-1-3-5(6(4)10)8(13)11-7(3)12;1-2/h1-2H,(H,11,12,13);1-2H3. The molecule has 2 rings (SSSR count). The van der Waals surface area contributed by atoms with Gasteiger partial charge in [-0.1, -0.05) is 13.8 Å². The Labute approximate surface area is 104 Å². The molecule has 0 unspecified atom stereocenters. The highest BCUT2D eigenvalue weighted by atomic mass is 79.9. The number of hydrogen-bond donors (Lipinski definition) is 1. The van der Waals surface area contributed by atoms with Gasteiger partial charge in [0, 0.05) is 8.95 Å². The molecule has 1 aromatic rings. The second kappa shape index (κ2) is 4.90. The van der Waals surface area contributed by atoms with Gasteiger partial charge < -0.3 is 0 Å². The van der Waals surface area contributed by atoms with Gasteiger partial charge in [-0.15, -0.1) is 0 Å². The van der Waals surface area contributed by atoms with E-state index in [1.807, 2.05) is 13.8 Å². The fourth-order valence-corrected chi connectivity index (χ4v) is 2.05. The predicted octanol–water partition coefficient (Wildman–Crippen LogP) is 3.12. The maximum absolute atomic E-state index is 11.3. The zero-order valence-corrected chi connectivity index (χ0v) is 11.4. The minimum absolute atomic E-state index is 0.340. The Morgan fingerprint density at radius 2 is 1.67 bits per heavy atom. The monoisotopic (exact) mass is 333 g/mol. The number of nitrogens with one attached hydrogen (secondary N) is 1. The molecule has 1 aliphatic heterocycles. The Balaban J connectivity index is 0.000000531. The first-order valence-corrected chi connectivity index (χ1v) is 6.03. The van der Waals surface area contributed by atoms with Crippen LogP contribution >= 0.6 is 31.9 Å². The van der Waals surface area contributed by atoms with E-state index in [0.717, 1.165) is 4.47 Å². The van der Waals surface area contributed by atoms with Gasteiger partial charge in [0.15, 0.2) is 0 Å². The molecule has 0 spiro atoms. The molecular weight excluding hydrogens is 326 g/mol. The number of carbonyl (C=O) groups is 2. The summed E-state index contributed by atoms with van der Waals surface area (Å²) in [6.07, 6.45) is 0. The molecule has 0 radical (unpaired) electrons. The van der Waals surface area contributed by atoms with E-state index in [9.17, 15) is 9.59 Å². The highest BCUT2D eigenvalue weighted by Gasteiger charge is 2.29. The third-order valence-corrected chi connectivity index (χ3v) is 3.81. The lowest BCUT2D eigenvalue weighted by molar-refractivity contribution is 0.0879. The van der Waals surface area contributed by atoms with Crippen molar-refractivity contribution in [1.29, 1.82) is 0 Å². The lowest BCUT2D eigenvalue weighted by atomic mass is 10.1. The van der Waals surface area contributed by atoms with E-state index in [2.05, 4.69) is 37.2 Å². The molecule has 1 aliphatic rings. The van der Waals surface area contributed by atoms with Crippen LogP contribution < -0.4 is 5.32 Å². The summed E-state index contributed by atoms with van der Waals surface area (Å²) in [6.45, 7) is 4.00. The molecule has 2 amide bonds. The van der Waals surface area contributed by atoms with Crippen LogP contribution in [0.5, 0.6) is 0 Å². The van der Waals surface area contributed by atoms with Crippen LogP contribution in [0, 0.1) is 0 Å². The van der Waals surface area contributed by atoms with Crippen LogP contribution in [0.3, 0.4) is 0 Å². The number of amides is 2. The Bertz CT molecular complexity index is 430. The van der Waals surface area contributed by atoms with Gasteiger partial charge in [-0.3, -0.25) is 14.9 Å². The summed E-state index contributed by atoms with van der Waals surface area (Å²) in [5.41, 5.74) is 0.819. The van der Waals surface area contributed by atoms with Crippen molar-refractivity contribution in [3.63, 3.8) is 0 Å². The number of carbonyl (C=O) groups excluding carboxylic acids is 2. The number of fused-ring (bicyclic) bond motifs is 1. The minimum Gasteiger partial charge on any atom is -0.288 e. The van der Waals surface area contributed by atoms with E-state index in [0.29, 0.717) is 15.6 Å². The zero-order valence-electron chi connectivity index (χ0n) is 8.23. The lowest BCUT2D eigenvalue weighted by Crippen LogP contribution is -2.20. The van der Waals surface area contributed by atoms with Gasteiger partial charge in [0.2, 0.25) is 0 Å². The molecule has 1 aromatic carbocycles. The van der Waals surface area contributed by atoms with E-state index in [1.54, 1.807) is 12.1 Å². The van der Waals surface area contributed by atoms with E-state index >= 15 is 0 Å². The second-order valence-corrected chi connectivity index (χ2v) is 4.21. The molecule has 0 aliphatic carbocycles. The molecule has 1 heterocycles. The summed E-state index contributed by atoms with van der Waals surface area (Å²) in [7, 11) is 0. The van der Waals surface area contributed by atoms with Crippen LogP contribution in [-0.4, -0.2) is 11.8 Å². The van der Waals surface area contributed by atoms with Gasteiger partial charge in [-0.05, 0) is 44.0 Å². The Morgan fingerprint density at radius 3 is 2.27 bits per heavy atom. The first-order chi connectivity index (χ1) is 7.11. The SMILES string of the molecule is CC.O=C1NC(=O)c2c1ccc(Br)c2Br. The number of halogens is 2. The van der Waals surface area contributed by atoms with E-state index in [1.165, 1.54) is 0 Å². The molecule has 0 fully saturated rings. The van der Waals surface area contributed by atoms with Crippen molar-refractivity contribution >= 4 is 43.7 Å². The minimum atomic E-state index is -0.354. The summed E-state index contributed by atoms with van der Waals surface area (Å²) < 4.78 is 1.38. The van der Waals surface area contributed by atoms with Crippen LogP contribution in [0.15, 0.2) is 21.1 Å². The van der Waals surface area contributed by atoms with Gasteiger partial charge in [0.25, 0.3) is 11.8 Å². The summed E-state index contributed by atoms with van der Waals surface area (Å²) >= 11 is 6.50. The van der Waals surface area contributed by atoms with Gasteiger partial charge >= 0.3 is 0 Å². The van der Waals surface area contributed by atoms with Gasteiger partial charge in [-0.25, -0.2) is 0 Å². The van der Waals surface area contributed by atoms with Crippen LogP contribution in [0.1, 0.15) is 34.6 Å². The van der Waals surface area contributed by atoms with Crippen molar-refractivity contribution < 1.29 is 9.59 Å². The second-order valence-electron chi connectivity index (χ2n) is 2.57. The zero-order chi connectivity index (χ0) is 11.6. The van der Waals surface area contributed by atoms with E-state index in [4.69, 9.17) is 0 Å². The van der Waals surface area contributed by atoms with E-state index < -0.39 is 0 Å². The number of hydrogen-bond acceptors (Lipinski definition) is 2. The van der Waals surface area contributed by atoms with Crippen LogP contribution in [-0.2, 0) is 0 Å². The van der Waals surface area contributed by atoms with Crippen LogP contribution in [0.4, 0.5) is 0 Å². The van der Waals surface area contributed by atoms with Gasteiger partial charge in [-0.2, -0.15) is 0 Å². The van der Waals surface area contributed by atoms with Crippen molar-refractivity contribution in [3.05, 3.63) is 32.2 Å². The molecule has 0 saturated carbocycles. The van der Waals surface area contributed by atoms with E-state index in [-0.39, 0.29) is 11.8 Å². The highest BCUT2D eigenvalue weighted by Crippen LogP contribution is 2.31. The molecule has 5 heteroatoms. The molecule has 15 heavy (non-hydrogen) atoms. The fraction of sp³-hybridized carbons (Fsp3) is 0.200. The van der Waals surface area contributed by atoms with Crippen molar-refractivity contribution in [2.24, 2.45) is 0 Å². The summed E-state index contributed by atoms with van der Waals surface area (Å²) in [5, 5.41) is 2.22. The molecule has 1 N–H and O–H groups in total. The third kappa shape index (κ3) is 2.13. The van der Waals surface area contributed by atoms with Crippen LogP contribution in [0.25, 0.3) is 0 Å². The number of benzene rings is 1.